The number of amides is 1. The largest absolute Gasteiger partial charge is 0.356 e. The third-order valence-electron chi connectivity index (χ3n) is 4.17. The molecule has 0 aliphatic rings. The Bertz CT molecular complexity index is 216. The molecule has 21 heavy (non-hydrogen) atoms. The lowest BCUT2D eigenvalue weighted by molar-refractivity contribution is -0.120. The minimum absolute atomic E-state index is 0.185. The summed E-state index contributed by atoms with van der Waals surface area (Å²) in [6.45, 7) is 5.05. The van der Waals surface area contributed by atoms with Crippen LogP contribution in [0.5, 0.6) is 0 Å². The van der Waals surface area contributed by atoms with Gasteiger partial charge in [-0.25, -0.2) is 0 Å². The Kier molecular flexibility index (Phi) is 17.1. The fraction of sp³-hybridized carbons (Fsp3) is 0.947. The van der Waals surface area contributed by atoms with Crippen LogP contribution in [0.25, 0.3) is 0 Å². The molecule has 0 heterocycles. The molecule has 0 aromatic carbocycles. The molecule has 2 nitrogen and oxygen atoms in total. The Balaban J connectivity index is 2.98. The zero-order valence-corrected chi connectivity index (χ0v) is 14.7. The van der Waals surface area contributed by atoms with Crippen molar-refractivity contribution in [1.82, 2.24) is 5.32 Å². The summed E-state index contributed by atoms with van der Waals surface area (Å²) in [7, 11) is 0. The number of carbonyl (C=O) groups is 1. The third-order valence-corrected chi connectivity index (χ3v) is 4.17. The molecule has 0 spiro atoms. The molecule has 0 rings (SSSR count). The molecule has 0 saturated heterocycles. The number of unbranched alkanes of at least 4 members (excludes halogenated alkanes) is 13. The van der Waals surface area contributed by atoms with Crippen LogP contribution in [-0.2, 0) is 4.79 Å². The van der Waals surface area contributed by atoms with Gasteiger partial charge in [0.2, 0.25) is 5.91 Å². The Labute approximate surface area is 133 Å². The van der Waals surface area contributed by atoms with Crippen LogP contribution in [-0.4, -0.2) is 12.5 Å². The summed E-state index contributed by atoms with van der Waals surface area (Å²) in [5, 5.41) is 2.94. The lowest BCUT2D eigenvalue weighted by Gasteiger charge is -2.04. The minimum Gasteiger partial charge on any atom is -0.356 e. The van der Waals surface area contributed by atoms with Gasteiger partial charge in [0.15, 0.2) is 0 Å². The topological polar surface area (TPSA) is 29.1 Å². The number of rotatable bonds is 16. The second-order valence-electron chi connectivity index (χ2n) is 6.30. The lowest BCUT2D eigenvalue weighted by Crippen LogP contribution is -2.23. The van der Waals surface area contributed by atoms with Gasteiger partial charge in [-0.1, -0.05) is 97.3 Å². The molecule has 0 unspecified atom stereocenters. The normalized spacial score (nSPS) is 10.8. The summed E-state index contributed by atoms with van der Waals surface area (Å²) in [6, 6.07) is 0. The lowest BCUT2D eigenvalue weighted by atomic mass is 10.0. The van der Waals surface area contributed by atoms with Gasteiger partial charge in [0.1, 0.15) is 0 Å². The second-order valence-corrected chi connectivity index (χ2v) is 6.30. The van der Waals surface area contributed by atoms with Crippen molar-refractivity contribution in [3.63, 3.8) is 0 Å². The first kappa shape index (κ1) is 20.5. The molecular weight excluding hydrogens is 258 g/mol. The van der Waals surface area contributed by atoms with Crippen LogP contribution in [0.1, 0.15) is 110 Å². The van der Waals surface area contributed by atoms with Gasteiger partial charge in [-0.2, -0.15) is 0 Å². The van der Waals surface area contributed by atoms with E-state index in [4.69, 9.17) is 0 Å². The van der Waals surface area contributed by atoms with E-state index in [1.165, 1.54) is 83.5 Å². The number of hydrogen-bond donors (Lipinski definition) is 1. The molecule has 0 bridgehead atoms. The van der Waals surface area contributed by atoms with Crippen LogP contribution in [0.2, 0.25) is 0 Å². The zero-order chi connectivity index (χ0) is 15.6. The maximum Gasteiger partial charge on any atom is 0.219 e. The monoisotopic (exact) mass is 297 g/mol. The SMILES string of the molecule is CCCCCCCCCCCCCCCCNC(=O)CC. The average Bonchev–Trinajstić information content (AvgIpc) is 2.50. The molecule has 2 heteroatoms. The smallest absolute Gasteiger partial charge is 0.219 e. The van der Waals surface area contributed by atoms with Crippen molar-refractivity contribution in [3.05, 3.63) is 0 Å². The molecule has 0 radical (unpaired) electrons. The van der Waals surface area contributed by atoms with E-state index in [-0.39, 0.29) is 5.91 Å². The van der Waals surface area contributed by atoms with Crippen molar-refractivity contribution in [3.8, 4) is 0 Å². The van der Waals surface area contributed by atoms with Crippen LogP contribution in [0, 0.1) is 0 Å². The molecule has 0 atom stereocenters. The summed E-state index contributed by atoms with van der Waals surface area (Å²) < 4.78 is 0. The molecule has 1 N–H and O–H groups in total. The summed E-state index contributed by atoms with van der Waals surface area (Å²) in [4.78, 5) is 11.0. The fourth-order valence-electron chi connectivity index (χ4n) is 2.67. The highest BCUT2D eigenvalue weighted by molar-refractivity contribution is 5.75. The Morgan fingerprint density at radius 3 is 1.38 bits per heavy atom. The Morgan fingerprint density at radius 2 is 1.00 bits per heavy atom. The fourth-order valence-corrected chi connectivity index (χ4v) is 2.67. The molecule has 126 valence electrons. The van der Waals surface area contributed by atoms with Crippen molar-refractivity contribution in [2.75, 3.05) is 6.54 Å². The Hall–Kier alpha value is -0.530. The molecule has 0 aromatic rings. The van der Waals surface area contributed by atoms with E-state index in [1.54, 1.807) is 0 Å². The highest BCUT2D eigenvalue weighted by Gasteiger charge is 1.96. The Morgan fingerprint density at radius 1 is 0.619 bits per heavy atom. The van der Waals surface area contributed by atoms with E-state index >= 15 is 0 Å². The second kappa shape index (κ2) is 17.5. The first-order valence-electron chi connectivity index (χ1n) is 9.58. The first-order chi connectivity index (χ1) is 10.3. The minimum atomic E-state index is 0.185. The van der Waals surface area contributed by atoms with Crippen molar-refractivity contribution >= 4 is 5.91 Å². The van der Waals surface area contributed by atoms with Crippen molar-refractivity contribution < 1.29 is 4.79 Å². The number of carbonyl (C=O) groups excluding carboxylic acids is 1. The molecular formula is C19H39NO. The van der Waals surface area contributed by atoms with Crippen LogP contribution in [0.15, 0.2) is 0 Å². The van der Waals surface area contributed by atoms with Crippen molar-refractivity contribution in [2.45, 2.75) is 110 Å². The van der Waals surface area contributed by atoms with Crippen LogP contribution in [0.3, 0.4) is 0 Å². The summed E-state index contributed by atoms with van der Waals surface area (Å²) in [6.07, 6.45) is 20.0. The van der Waals surface area contributed by atoms with Gasteiger partial charge in [0, 0.05) is 13.0 Å². The average molecular weight is 298 g/mol. The van der Waals surface area contributed by atoms with E-state index in [9.17, 15) is 4.79 Å². The number of nitrogens with one attached hydrogen (secondary N) is 1. The van der Waals surface area contributed by atoms with Crippen LogP contribution in [0.4, 0.5) is 0 Å². The van der Waals surface area contributed by atoms with E-state index < -0.39 is 0 Å². The zero-order valence-electron chi connectivity index (χ0n) is 14.7. The first-order valence-corrected chi connectivity index (χ1v) is 9.58. The van der Waals surface area contributed by atoms with Gasteiger partial charge in [-0.3, -0.25) is 4.79 Å². The van der Waals surface area contributed by atoms with Gasteiger partial charge in [-0.15, -0.1) is 0 Å². The predicted octanol–water partition coefficient (Wildman–Crippen LogP) is 5.99. The maximum absolute atomic E-state index is 11.0. The van der Waals surface area contributed by atoms with E-state index in [0.717, 1.165) is 13.0 Å². The highest BCUT2D eigenvalue weighted by Crippen LogP contribution is 2.12. The third kappa shape index (κ3) is 17.4. The highest BCUT2D eigenvalue weighted by atomic mass is 16.1. The number of hydrogen-bond acceptors (Lipinski definition) is 1. The van der Waals surface area contributed by atoms with E-state index in [2.05, 4.69) is 12.2 Å². The van der Waals surface area contributed by atoms with Gasteiger partial charge < -0.3 is 5.32 Å². The van der Waals surface area contributed by atoms with Crippen molar-refractivity contribution in [2.24, 2.45) is 0 Å². The summed E-state index contributed by atoms with van der Waals surface area (Å²) in [5.41, 5.74) is 0. The van der Waals surface area contributed by atoms with E-state index in [1.807, 2.05) is 6.92 Å². The predicted molar refractivity (Wildman–Crippen MR) is 93.6 cm³/mol. The molecule has 1 amide bonds. The van der Waals surface area contributed by atoms with Gasteiger partial charge in [0.25, 0.3) is 0 Å². The summed E-state index contributed by atoms with van der Waals surface area (Å²) >= 11 is 0. The molecule has 0 fully saturated rings. The van der Waals surface area contributed by atoms with Crippen LogP contribution >= 0.6 is 0 Å². The van der Waals surface area contributed by atoms with Crippen LogP contribution < -0.4 is 5.32 Å². The molecule has 0 aliphatic heterocycles. The molecule has 0 aromatic heterocycles. The van der Waals surface area contributed by atoms with Crippen molar-refractivity contribution in [1.29, 1.82) is 0 Å². The summed E-state index contributed by atoms with van der Waals surface area (Å²) in [5.74, 6) is 0.185. The van der Waals surface area contributed by atoms with Gasteiger partial charge in [0.05, 0.1) is 0 Å². The molecule has 0 aliphatic carbocycles. The molecule has 0 saturated carbocycles. The maximum atomic E-state index is 11.0. The van der Waals surface area contributed by atoms with Gasteiger partial charge >= 0.3 is 0 Å². The standard InChI is InChI=1S/C19H39NO/c1-3-5-6-7-8-9-10-11-12-13-14-15-16-17-18-20-19(21)4-2/h3-18H2,1-2H3,(H,20,21). The van der Waals surface area contributed by atoms with Gasteiger partial charge in [-0.05, 0) is 6.42 Å². The van der Waals surface area contributed by atoms with E-state index in [0.29, 0.717) is 6.42 Å². The quantitative estimate of drug-likeness (QED) is 0.348.